The van der Waals surface area contributed by atoms with Gasteiger partial charge in [0.05, 0.1) is 13.0 Å². The normalized spacial score (nSPS) is 28.8. The van der Waals surface area contributed by atoms with Gasteiger partial charge in [-0.3, -0.25) is 4.79 Å². The molecule has 2 atom stereocenters. The van der Waals surface area contributed by atoms with E-state index in [9.17, 15) is 4.79 Å². The van der Waals surface area contributed by atoms with E-state index in [-0.39, 0.29) is 17.9 Å². The van der Waals surface area contributed by atoms with Crippen LogP contribution >= 0.6 is 0 Å². The standard InChI is InChI=1S/C14H27NO2/c1-17-14(16)12-10-8-6-4-2-3-5-7-9-11-13(12)15/h12-13H,2-11,15H2,1H3/t12-,13-/m0/s1. The number of methoxy groups -OCH3 is 1. The van der Waals surface area contributed by atoms with Gasteiger partial charge in [-0.05, 0) is 12.8 Å². The van der Waals surface area contributed by atoms with Gasteiger partial charge in [-0.25, -0.2) is 0 Å². The lowest BCUT2D eigenvalue weighted by Gasteiger charge is -2.22. The minimum atomic E-state index is -0.116. The minimum absolute atomic E-state index is 0.0122. The summed E-state index contributed by atoms with van der Waals surface area (Å²) >= 11 is 0. The lowest BCUT2D eigenvalue weighted by molar-refractivity contribution is -0.146. The van der Waals surface area contributed by atoms with Gasteiger partial charge in [0.2, 0.25) is 0 Å². The van der Waals surface area contributed by atoms with E-state index in [1.165, 1.54) is 45.6 Å². The van der Waals surface area contributed by atoms with Crippen LogP contribution in [0.2, 0.25) is 0 Å². The SMILES string of the molecule is COC(=O)[C@H]1CCCCCCCCCC[C@@H]1N. The van der Waals surface area contributed by atoms with Gasteiger partial charge in [-0.2, -0.15) is 0 Å². The summed E-state index contributed by atoms with van der Waals surface area (Å²) < 4.78 is 4.87. The summed E-state index contributed by atoms with van der Waals surface area (Å²) in [6.45, 7) is 0. The molecule has 1 aliphatic rings. The number of carbonyl (C=O) groups excluding carboxylic acids is 1. The fraction of sp³-hybridized carbons (Fsp3) is 0.929. The van der Waals surface area contributed by atoms with Crippen LogP contribution in [-0.2, 0) is 9.53 Å². The van der Waals surface area contributed by atoms with E-state index >= 15 is 0 Å². The Morgan fingerprint density at radius 3 is 1.94 bits per heavy atom. The highest BCUT2D eigenvalue weighted by molar-refractivity contribution is 5.73. The first kappa shape index (κ1) is 14.5. The highest BCUT2D eigenvalue weighted by Gasteiger charge is 2.25. The van der Waals surface area contributed by atoms with Crippen molar-refractivity contribution in [1.29, 1.82) is 0 Å². The smallest absolute Gasteiger partial charge is 0.310 e. The Balaban J connectivity index is 2.47. The van der Waals surface area contributed by atoms with E-state index in [0.717, 1.165) is 25.7 Å². The Morgan fingerprint density at radius 1 is 0.941 bits per heavy atom. The summed E-state index contributed by atoms with van der Waals surface area (Å²) in [7, 11) is 1.46. The van der Waals surface area contributed by atoms with Crippen LogP contribution in [0.1, 0.15) is 64.2 Å². The lowest BCUT2D eigenvalue weighted by atomic mass is 9.89. The number of esters is 1. The average molecular weight is 241 g/mol. The second kappa shape index (κ2) is 8.51. The summed E-state index contributed by atoms with van der Waals surface area (Å²) in [6.07, 6.45) is 11.9. The number of rotatable bonds is 1. The molecule has 1 saturated carbocycles. The van der Waals surface area contributed by atoms with Gasteiger partial charge in [0.15, 0.2) is 0 Å². The number of carbonyl (C=O) groups is 1. The Labute approximate surface area is 105 Å². The number of hydrogen-bond donors (Lipinski definition) is 1. The quantitative estimate of drug-likeness (QED) is 0.718. The summed E-state index contributed by atoms with van der Waals surface area (Å²) in [5, 5.41) is 0. The van der Waals surface area contributed by atoms with Crippen LogP contribution in [0, 0.1) is 5.92 Å². The topological polar surface area (TPSA) is 52.3 Å². The predicted molar refractivity (Wildman–Crippen MR) is 69.7 cm³/mol. The molecule has 0 amide bonds. The molecule has 0 aliphatic heterocycles. The molecule has 0 heterocycles. The maximum Gasteiger partial charge on any atom is 0.310 e. The second-order valence-corrected chi connectivity index (χ2v) is 5.20. The van der Waals surface area contributed by atoms with Crippen molar-refractivity contribution >= 4 is 5.97 Å². The van der Waals surface area contributed by atoms with Crippen LogP contribution in [0.5, 0.6) is 0 Å². The van der Waals surface area contributed by atoms with E-state index in [0.29, 0.717) is 0 Å². The molecular formula is C14H27NO2. The molecule has 0 aromatic rings. The number of nitrogens with two attached hydrogens (primary N) is 1. The first-order valence-electron chi connectivity index (χ1n) is 7.09. The lowest BCUT2D eigenvalue weighted by Crippen LogP contribution is -2.36. The van der Waals surface area contributed by atoms with E-state index in [2.05, 4.69) is 0 Å². The van der Waals surface area contributed by atoms with Gasteiger partial charge in [0, 0.05) is 6.04 Å². The first-order chi connectivity index (χ1) is 8.25. The third kappa shape index (κ3) is 5.53. The molecule has 0 saturated heterocycles. The molecule has 1 aliphatic carbocycles. The fourth-order valence-corrected chi connectivity index (χ4v) is 2.66. The molecule has 1 fully saturated rings. The van der Waals surface area contributed by atoms with Crippen LogP contribution < -0.4 is 5.73 Å². The zero-order chi connectivity index (χ0) is 12.5. The Morgan fingerprint density at radius 2 is 1.41 bits per heavy atom. The molecule has 0 radical (unpaired) electrons. The third-order valence-corrected chi connectivity index (χ3v) is 3.82. The van der Waals surface area contributed by atoms with Crippen LogP contribution in [-0.4, -0.2) is 19.1 Å². The van der Waals surface area contributed by atoms with Gasteiger partial charge < -0.3 is 10.5 Å². The van der Waals surface area contributed by atoms with Crippen molar-refractivity contribution in [1.82, 2.24) is 0 Å². The minimum Gasteiger partial charge on any atom is -0.469 e. The zero-order valence-electron chi connectivity index (χ0n) is 11.1. The van der Waals surface area contributed by atoms with Gasteiger partial charge in [0.25, 0.3) is 0 Å². The highest BCUT2D eigenvalue weighted by Crippen LogP contribution is 2.21. The second-order valence-electron chi connectivity index (χ2n) is 5.20. The summed E-state index contributed by atoms with van der Waals surface area (Å²) in [6, 6.07) is -0.0122. The molecule has 1 rings (SSSR count). The molecular weight excluding hydrogens is 214 g/mol. The van der Waals surface area contributed by atoms with E-state index in [1.807, 2.05) is 0 Å². The van der Waals surface area contributed by atoms with Crippen molar-refractivity contribution in [3.8, 4) is 0 Å². The Kier molecular flexibility index (Phi) is 7.25. The Bertz CT molecular complexity index is 218. The van der Waals surface area contributed by atoms with Gasteiger partial charge in [-0.1, -0.05) is 51.4 Å². The van der Waals surface area contributed by atoms with Crippen molar-refractivity contribution in [2.75, 3.05) is 7.11 Å². The van der Waals surface area contributed by atoms with Crippen LogP contribution in [0.15, 0.2) is 0 Å². The molecule has 0 aromatic heterocycles. The fourth-order valence-electron chi connectivity index (χ4n) is 2.66. The molecule has 100 valence electrons. The first-order valence-corrected chi connectivity index (χ1v) is 7.09. The summed E-state index contributed by atoms with van der Waals surface area (Å²) in [5.74, 6) is -0.200. The van der Waals surface area contributed by atoms with E-state index in [4.69, 9.17) is 10.5 Å². The number of hydrogen-bond acceptors (Lipinski definition) is 3. The van der Waals surface area contributed by atoms with Gasteiger partial charge in [-0.15, -0.1) is 0 Å². The highest BCUT2D eigenvalue weighted by atomic mass is 16.5. The monoisotopic (exact) mass is 241 g/mol. The molecule has 0 spiro atoms. The van der Waals surface area contributed by atoms with Crippen molar-refractivity contribution < 1.29 is 9.53 Å². The molecule has 17 heavy (non-hydrogen) atoms. The van der Waals surface area contributed by atoms with Crippen LogP contribution in [0.3, 0.4) is 0 Å². The Hall–Kier alpha value is -0.570. The van der Waals surface area contributed by atoms with Crippen LogP contribution in [0.4, 0.5) is 0 Å². The average Bonchev–Trinajstić information content (AvgIpc) is 2.33. The molecule has 0 unspecified atom stereocenters. The summed E-state index contributed by atoms with van der Waals surface area (Å²) in [4.78, 5) is 11.7. The summed E-state index contributed by atoms with van der Waals surface area (Å²) in [5.41, 5.74) is 6.13. The molecule has 0 aromatic carbocycles. The molecule has 0 bridgehead atoms. The molecule has 3 nitrogen and oxygen atoms in total. The van der Waals surface area contributed by atoms with Gasteiger partial charge >= 0.3 is 5.97 Å². The van der Waals surface area contributed by atoms with Crippen molar-refractivity contribution in [2.24, 2.45) is 11.7 Å². The maximum absolute atomic E-state index is 11.7. The van der Waals surface area contributed by atoms with Crippen molar-refractivity contribution in [3.63, 3.8) is 0 Å². The third-order valence-electron chi connectivity index (χ3n) is 3.82. The largest absolute Gasteiger partial charge is 0.469 e. The van der Waals surface area contributed by atoms with Gasteiger partial charge in [0.1, 0.15) is 0 Å². The molecule has 3 heteroatoms. The zero-order valence-corrected chi connectivity index (χ0v) is 11.1. The van der Waals surface area contributed by atoms with Crippen molar-refractivity contribution in [3.05, 3.63) is 0 Å². The van der Waals surface area contributed by atoms with Crippen LogP contribution in [0.25, 0.3) is 0 Å². The maximum atomic E-state index is 11.7. The van der Waals surface area contributed by atoms with E-state index in [1.54, 1.807) is 0 Å². The number of ether oxygens (including phenoxy) is 1. The van der Waals surface area contributed by atoms with E-state index < -0.39 is 0 Å². The molecule has 2 N–H and O–H groups in total. The van der Waals surface area contributed by atoms with Crippen molar-refractivity contribution in [2.45, 2.75) is 70.3 Å². The predicted octanol–water partition coefficient (Wildman–Crippen LogP) is 3.02.